The number of benzene rings is 1. The van der Waals surface area contributed by atoms with Crippen LogP contribution in [0.4, 0.5) is 0 Å². The summed E-state index contributed by atoms with van der Waals surface area (Å²) in [5.41, 5.74) is 1.11. The molecule has 1 heterocycles. The average molecular weight is 328 g/mol. The van der Waals surface area contributed by atoms with Crippen molar-refractivity contribution in [3.63, 3.8) is 0 Å². The van der Waals surface area contributed by atoms with E-state index < -0.39 is 0 Å². The third-order valence-electron chi connectivity index (χ3n) is 5.19. The lowest BCUT2D eigenvalue weighted by Crippen LogP contribution is -2.43. The lowest BCUT2D eigenvalue weighted by molar-refractivity contribution is 0.173. The number of halogens is 2. The zero-order valence-electron chi connectivity index (χ0n) is 12.7. The molecule has 0 aromatic heterocycles. The molecule has 0 bridgehead atoms. The second-order valence-corrected chi connectivity index (χ2v) is 7.38. The molecular formula is C17H23Cl2NO. The minimum absolute atomic E-state index is 0.294. The molecule has 21 heavy (non-hydrogen) atoms. The number of hydrogen-bond donors (Lipinski definition) is 1. The highest BCUT2D eigenvalue weighted by atomic mass is 35.5. The molecule has 4 heteroatoms. The van der Waals surface area contributed by atoms with Crippen LogP contribution in [0.5, 0.6) is 5.75 Å². The molecular weight excluding hydrogens is 305 g/mol. The Morgan fingerprint density at radius 3 is 2.76 bits per heavy atom. The number of rotatable bonds is 2. The molecule has 1 aliphatic heterocycles. The fraction of sp³-hybridized carbons (Fsp3) is 0.647. The van der Waals surface area contributed by atoms with Gasteiger partial charge in [0.05, 0.1) is 11.6 Å². The number of fused-ring (bicyclic) bond motifs is 1. The van der Waals surface area contributed by atoms with Crippen LogP contribution in [0.2, 0.25) is 10.0 Å². The van der Waals surface area contributed by atoms with Crippen molar-refractivity contribution in [1.82, 2.24) is 5.32 Å². The van der Waals surface area contributed by atoms with E-state index in [0.29, 0.717) is 34.7 Å². The van der Waals surface area contributed by atoms with E-state index in [9.17, 15) is 0 Å². The molecule has 1 saturated carbocycles. The van der Waals surface area contributed by atoms with Gasteiger partial charge in [0, 0.05) is 29.1 Å². The van der Waals surface area contributed by atoms with Crippen LogP contribution in [0.25, 0.3) is 0 Å². The van der Waals surface area contributed by atoms with Crippen LogP contribution in [0.1, 0.15) is 51.1 Å². The first kappa shape index (κ1) is 15.5. The summed E-state index contributed by atoms with van der Waals surface area (Å²) in [5, 5.41) is 5.15. The quantitative estimate of drug-likeness (QED) is 0.802. The maximum atomic E-state index is 6.27. The maximum absolute atomic E-state index is 6.27. The molecule has 1 aliphatic carbocycles. The van der Waals surface area contributed by atoms with Gasteiger partial charge in [0.15, 0.2) is 0 Å². The molecule has 3 rings (SSSR count). The Labute approximate surface area is 137 Å². The van der Waals surface area contributed by atoms with Crippen molar-refractivity contribution in [2.24, 2.45) is 11.8 Å². The molecule has 2 aliphatic rings. The van der Waals surface area contributed by atoms with Crippen LogP contribution in [0.15, 0.2) is 12.1 Å². The Morgan fingerprint density at radius 2 is 1.95 bits per heavy atom. The molecule has 1 fully saturated rings. The van der Waals surface area contributed by atoms with Crippen LogP contribution in [0.3, 0.4) is 0 Å². The minimum atomic E-state index is 0.294. The van der Waals surface area contributed by atoms with Crippen molar-refractivity contribution in [3.8, 4) is 5.75 Å². The topological polar surface area (TPSA) is 21.3 Å². The van der Waals surface area contributed by atoms with E-state index in [-0.39, 0.29) is 0 Å². The first-order valence-electron chi connectivity index (χ1n) is 7.94. The summed E-state index contributed by atoms with van der Waals surface area (Å²) in [6.45, 7) is 5.44. The molecule has 116 valence electrons. The van der Waals surface area contributed by atoms with Crippen LogP contribution >= 0.6 is 23.2 Å². The molecule has 1 N–H and O–H groups in total. The van der Waals surface area contributed by atoms with Crippen molar-refractivity contribution in [3.05, 3.63) is 27.7 Å². The van der Waals surface area contributed by atoms with Gasteiger partial charge in [0.25, 0.3) is 0 Å². The van der Waals surface area contributed by atoms with Crippen molar-refractivity contribution < 1.29 is 4.74 Å². The maximum Gasteiger partial charge on any atom is 0.142 e. The summed E-state index contributed by atoms with van der Waals surface area (Å²) in [5.74, 6) is 2.31. The molecule has 0 saturated heterocycles. The Hall–Kier alpha value is -0.440. The zero-order valence-corrected chi connectivity index (χ0v) is 14.2. The van der Waals surface area contributed by atoms with E-state index in [4.69, 9.17) is 27.9 Å². The molecule has 0 spiro atoms. The highest BCUT2D eigenvalue weighted by molar-refractivity contribution is 6.35. The molecule has 1 aromatic rings. The molecule has 0 amide bonds. The van der Waals surface area contributed by atoms with Crippen molar-refractivity contribution in [2.45, 2.75) is 51.6 Å². The predicted octanol–water partition coefficient (Wildman–Crippen LogP) is 5.23. The minimum Gasteiger partial charge on any atom is -0.492 e. The molecule has 2 nitrogen and oxygen atoms in total. The van der Waals surface area contributed by atoms with Gasteiger partial charge in [0.2, 0.25) is 0 Å². The fourth-order valence-corrected chi connectivity index (χ4v) is 4.24. The average Bonchev–Trinajstić information content (AvgIpc) is 2.44. The van der Waals surface area contributed by atoms with Gasteiger partial charge in [-0.15, -0.1) is 0 Å². The summed E-state index contributed by atoms with van der Waals surface area (Å²) in [7, 11) is 0. The highest BCUT2D eigenvalue weighted by Crippen LogP contribution is 2.41. The largest absolute Gasteiger partial charge is 0.492 e. The normalized spacial score (nSPS) is 32.4. The Morgan fingerprint density at radius 1 is 1.14 bits per heavy atom. The van der Waals surface area contributed by atoms with Gasteiger partial charge in [-0.05, 0) is 30.4 Å². The Bertz CT molecular complexity index is 520. The predicted molar refractivity (Wildman–Crippen MR) is 88.4 cm³/mol. The second kappa shape index (κ2) is 6.36. The van der Waals surface area contributed by atoms with Crippen LogP contribution < -0.4 is 10.1 Å². The van der Waals surface area contributed by atoms with Gasteiger partial charge in [-0.1, -0.05) is 49.9 Å². The van der Waals surface area contributed by atoms with Crippen LogP contribution in [-0.4, -0.2) is 12.6 Å². The van der Waals surface area contributed by atoms with E-state index in [2.05, 4.69) is 19.2 Å². The fourth-order valence-electron chi connectivity index (χ4n) is 3.67. The van der Waals surface area contributed by atoms with Crippen molar-refractivity contribution in [2.75, 3.05) is 6.61 Å². The summed E-state index contributed by atoms with van der Waals surface area (Å²) in [6.07, 6.45) is 4.89. The van der Waals surface area contributed by atoms with E-state index in [1.807, 2.05) is 6.07 Å². The summed E-state index contributed by atoms with van der Waals surface area (Å²) in [6, 6.07) is 4.62. The van der Waals surface area contributed by atoms with E-state index in [0.717, 1.165) is 23.7 Å². The first-order valence-corrected chi connectivity index (χ1v) is 8.69. The first-order chi connectivity index (χ1) is 10.1. The highest BCUT2D eigenvalue weighted by Gasteiger charge is 2.31. The third kappa shape index (κ3) is 3.18. The summed E-state index contributed by atoms with van der Waals surface area (Å²) >= 11 is 12.4. The number of hydrogen-bond acceptors (Lipinski definition) is 2. The number of ether oxygens (including phenoxy) is 1. The smallest absolute Gasteiger partial charge is 0.142 e. The van der Waals surface area contributed by atoms with Gasteiger partial charge < -0.3 is 10.1 Å². The van der Waals surface area contributed by atoms with E-state index in [1.165, 1.54) is 19.3 Å². The molecule has 0 radical (unpaired) electrons. The summed E-state index contributed by atoms with van der Waals surface area (Å²) < 4.78 is 5.75. The van der Waals surface area contributed by atoms with Gasteiger partial charge in [-0.25, -0.2) is 0 Å². The van der Waals surface area contributed by atoms with E-state index in [1.54, 1.807) is 6.07 Å². The molecule has 4 unspecified atom stereocenters. The summed E-state index contributed by atoms with van der Waals surface area (Å²) in [4.78, 5) is 0. The Balaban J connectivity index is 1.82. The van der Waals surface area contributed by atoms with Gasteiger partial charge in [-0.3, -0.25) is 0 Å². The Kier molecular flexibility index (Phi) is 4.68. The van der Waals surface area contributed by atoms with Gasteiger partial charge in [0.1, 0.15) is 5.75 Å². The van der Waals surface area contributed by atoms with Crippen molar-refractivity contribution >= 4 is 23.2 Å². The van der Waals surface area contributed by atoms with Gasteiger partial charge >= 0.3 is 0 Å². The second-order valence-electron chi connectivity index (χ2n) is 6.54. The molecule has 4 atom stereocenters. The SMILES string of the molecule is CC1CCCC(NC2CCOc3c(Cl)cc(Cl)cc32)C1C. The number of nitrogens with one attached hydrogen (secondary N) is 1. The third-order valence-corrected chi connectivity index (χ3v) is 5.69. The van der Waals surface area contributed by atoms with Crippen molar-refractivity contribution in [1.29, 1.82) is 0 Å². The van der Waals surface area contributed by atoms with Crippen LogP contribution in [0, 0.1) is 11.8 Å². The van der Waals surface area contributed by atoms with Gasteiger partial charge in [-0.2, -0.15) is 0 Å². The van der Waals surface area contributed by atoms with Crippen LogP contribution in [-0.2, 0) is 0 Å². The lowest BCUT2D eigenvalue weighted by atomic mass is 9.77. The zero-order chi connectivity index (χ0) is 15.0. The lowest BCUT2D eigenvalue weighted by Gasteiger charge is -2.38. The van der Waals surface area contributed by atoms with E-state index >= 15 is 0 Å². The monoisotopic (exact) mass is 327 g/mol. The standard InChI is InChI=1S/C17H23Cl2NO/c1-10-4-3-5-15(11(10)2)20-16-6-7-21-17-13(16)8-12(18)9-14(17)19/h8-11,15-16,20H,3-7H2,1-2H3. The molecule has 1 aromatic carbocycles.